The summed E-state index contributed by atoms with van der Waals surface area (Å²) in [5.74, 6) is -0.452. The Balaban J connectivity index is 1.56. The summed E-state index contributed by atoms with van der Waals surface area (Å²) < 4.78 is 18.4. The number of rotatable bonds is 8. The van der Waals surface area contributed by atoms with Crippen LogP contribution in [0.3, 0.4) is 0 Å². The van der Waals surface area contributed by atoms with Crippen LogP contribution in [0.15, 0.2) is 42.5 Å². The molecule has 1 saturated heterocycles. The molecular weight excluding hydrogens is 361 g/mol. The van der Waals surface area contributed by atoms with Gasteiger partial charge in [-0.1, -0.05) is 0 Å². The van der Waals surface area contributed by atoms with Gasteiger partial charge in [0.2, 0.25) is 11.8 Å². The van der Waals surface area contributed by atoms with Gasteiger partial charge in [-0.15, -0.1) is 0 Å². The van der Waals surface area contributed by atoms with Gasteiger partial charge < -0.3 is 20.7 Å². The summed E-state index contributed by atoms with van der Waals surface area (Å²) >= 11 is 0. The van der Waals surface area contributed by atoms with Gasteiger partial charge in [0, 0.05) is 25.1 Å². The molecule has 0 spiro atoms. The lowest BCUT2D eigenvalue weighted by Crippen LogP contribution is -2.22. The molecule has 3 N–H and O–H groups in total. The van der Waals surface area contributed by atoms with Crippen molar-refractivity contribution in [2.75, 3.05) is 29.9 Å². The van der Waals surface area contributed by atoms with Crippen molar-refractivity contribution in [2.45, 2.75) is 25.7 Å². The van der Waals surface area contributed by atoms with Gasteiger partial charge in [0.05, 0.1) is 18.0 Å². The monoisotopic (exact) mass is 385 g/mol. The first-order valence-electron chi connectivity index (χ1n) is 9.40. The van der Waals surface area contributed by atoms with Crippen molar-refractivity contribution in [3.05, 3.63) is 53.8 Å². The van der Waals surface area contributed by atoms with Crippen LogP contribution >= 0.6 is 0 Å². The molecule has 1 aliphatic heterocycles. The van der Waals surface area contributed by atoms with E-state index in [1.807, 2.05) is 6.07 Å². The van der Waals surface area contributed by atoms with E-state index in [-0.39, 0.29) is 18.1 Å². The molecule has 3 rings (SSSR count). The highest BCUT2D eigenvalue weighted by Crippen LogP contribution is 2.30. The van der Waals surface area contributed by atoms with E-state index >= 15 is 0 Å². The number of nitrogens with two attached hydrogens (primary N) is 1. The molecule has 0 radical (unpaired) electrons. The number of carbonyl (C=O) groups is 2. The van der Waals surface area contributed by atoms with Crippen LogP contribution < -0.4 is 20.7 Å². The number of primary amides is 1. The molecule has 1 heterocycles. The molecule has 0 atom stereocenters. The fourth-order valence-electron chi connectivity index (χ4n) is 3.19. The topological polar surface area (TPSA) is 84.7 Å². The number of nitrogens with zero attached hydrogens (tertiary/aromatic N) is 1. The number of hydrogen-bond acceptors (Lipinski definition) is 4. The molecule has 0 saturated carbocycles. The molecule has 1 aliphatic rings. The summed E-state index contributed by atoms with van der Waals surface area (Å²) in [6.07, 6.45) is 2.98. The van der Waals surface area contributed by atoms with Crippen LogP contribution in [0.2, 0.25) is 0 Å². The van der Waals surface area contributed by atoms with Gasteiger partial charge in [-0.25, -0.2) is 4.39 Å². The van der Waals surface area contributed by atoms with E-state index in [0.717, 1.165) is 31.6 Å². The summed E-state index contributed by atoms with van der Waals surface area (Å²) in [6.45, 7) is 2.19. The number of halogens is 1. The molecule has 0 aromatic heterocycles. The Hall–Kier alpha value is -3.09. The lowest BCUT2D eigenvalue weighted by atomic mass is 10.1. The summed E-state index contributed by atoms with van der Waals surface area (Å²) in [4.78, 5) is 26.1. The van der Waals surface area contributed by atoms with Crippen LogP contribution in [0, 0.1) is 5.82 Å². The average molecular weight is 385 g/mol. The van der Waals surface area contributed by atoms with Gasteiger partial charge in [0.1, 0.15) is 11.6 Å². The van der Waals surface area contributed by atoms with Crippen LogP contribution in [0.4, 0.5) is 15.8 Å². The number of hydrogen-bond donors (Lipinski definition) is 2. The maximum atomic E-state index is 12.9. The van der Waals surface area contributed by atoms with E-state index in [1.165, 1.54) is 12.1 Å². The van der Waals surface area contributed by atoms with E-state index in [2.05, 4.69) is 10.2 Å². The van der Waals surface area contributed by atoms with E-state index < -0.39 is 5.91 Å². The quantitative estimate of drug-likeness (QED) is 0.683. The zero-order valence-electron chi connectivity index (χ0n) is 15.6. The highest BCUT2D eigenvalue weighted by atomic mass is 19.1. The second-order valence-electron chi connectivity index (χ2n) is 6.74. The first-order chi connectivity index (χ1) is 13.5. The highest BCUT2D eigenvalue weighted by molar-refractivity contribution is 5.99. The third kappa shape index (κ3) is 5.22. The van der Waals surface area contributed by atoms with Crippen molar-refractivity contribution < 1.29 is 18.7 Å². The first kappa shape index (κ1) is 19.7. The summed E-state index contributed by atoms with van der Waals surface area (Å²) in [5, 5.41) is 2.90. The Labute approximate surface area is 163 Å². The molecule has 148 valence electrons. The summed E-state index contributed by atoms with van der Waals surface area (Å²) in [7, 11) is 0. The zero-order valence-corrected chi connectivity index (χ0v) is 15.6. The van der Waals surface area contributed by atoms with Gasteiger partial charge in [0.15, 0.2) is 0 Å². The Bertz CT molecular complexity index is 833. The molecule has 6 nitrogen and oxygen atoms in total. The predicted octanol–water partition coefficient (Wildman–Crippen LogP) is 3.32. The van der Waals surface area contributed by atoms with Gasteiger partial charge in [-0.2, -0.15) is 0 Å². The Kier molecular flexibility index (Phi) is 6.47. The van der Waals surface area contributed by atoms with E-state index in [4.69, 9.17) is 10.5 Å². The fourth-order valence-corrected chi connectivity index (χ4v) is 3.19. The van der Waals surface area contributed by atoms with Crippen molar-refractivity contribution in [3.8, 4) is 5.75 Å². The van der Waals surface area contributed by atoms with Gasteiger partial charge in [0.25, 0.3) is 0 Å². The number of benzene rings is 2. The van der Waals surface area contributed by atoms with E-state index in [1.54, 1.807) is 24.3 Å². The molecule has 7 heteroatoms. The van der Waals surface area contributed by atoms with E-state index in [9.17, 15) is 14.0 Å². The molecule has 28 heavy (non-hydrogen) atoms. The SMILES string of the molecule is NC(=O)c1ccc(N2CCCC2)c(NC(=O)CCCOc2ccc(F)cc2)c1. The average Bonchev–Trinajstić information content (AvgIpc) is 3.21. The lowest BCUT2D eigenvalue weighted by Gasteiger charge is -2.22. The van der Waals surface area contributed by atoms with Gasteiger partial charge in [-0.3, -0.25) is 9.59 Å². The number of carbonyl (C=O) groups excluding carboxylic acids is 2. The van der Waals surface area contributed by atoms with Crippen molar-refractivity contribution in [3.63, 3.8) is 0 Å². The third-order valence-corrected chi connectivity index (χ3v) is 4.63. The van der Waals surface area contributed by atoms with Crippen LogP contribution in [0.5, 0.6) is 5.75 Å². The molecule has 1 fully saturated rings. The minimum Gasteiger partial charge on any atom is -0.494 e. The highest BCUT2D eigenvalue weighted by Gasteiger charge is 2.18. The van der Waals surface area contributed by atoms with Crippen molar-refractivity contribution in [2.24, 2.45) is 5.73 Å². The minimum absolute atomic E-state index is 0.162. The maximum absolute atomic E-state index is 12.9. The zero-order chi connectivity index (χ0) is 19.9. The third-order valence-electron chi connectivity index (χ3n) is 4.63. The number of amides is 2. The number of anilines is 2. The molecule has 2 aromatic rings. The predicted molar refractivity (Wildman–Crippen MR) is 106 cm³/mol. The molecule has 0 bridgehead atoms. The molecule has 2 aromatic carbocycles. The van der Waals surface area contributed by atoms with Crippen molar-refractivity contribution in [1.82, 2.24) is 0 Å². The fraction of sp³-hybridized carbons (Fsp3) is 0.333. The molecule has 0 aliphatic carbocycles. The second kappa shape index (κ2) is 9.21. The Morgan fingerprint density at radius 1 is 1.11 bits per heavy atom. The van der Waals surface area contributed by atoms with Crippen molar-refractivity contribution in [1.29, 1.82) is 0 Å². The van der Waals surface area contributed by atoms with Crippen LogP contribution in [-0.2, 0) is 4.79 Å². The molecule has 2 amide bonds. The summed E-state index contributed by atoms with van der Waals surface area (Å²) in [5.41, 5.74) is 7.23. The second-order valence-corrected chi connectivity index (χ2v) is 6.74. The van der Waals surface area contributed by atoms with Crippen LogP contribution in [-0.4, -0.2) is 31.5 Å². The summed E-state index contributed by atoms with van der Waals surface area (Å²) in [6, 6.07) is 10.9. The number of ether oxygens (including phenoxy) is 1. The minimum atomic E-state index is -0.531. The maximum Gasteiger partial charge on any atom is 0.248 e. The van der Waals surface area contributed by atoms with Crippen molar-refractivity contribution >= 4 is 23.2 Å². The van der Waals surface area contributed by atoms with E-state index in [0.29, 0.717) is 30.0 Å². The first-order valence-corrected chi connectivity index (χ1v) is 9.40. The van der Waals surface area contributed by atoms with Crippen LogP contribution in [0.25, 0.3) is 0 Å². The standard InChI is InChI=1S/C21H24FN3O3/c22-16-6-8-17(9-7-16)28-13-3-4-20(26)24-18-14-15(21(23)27)5-10-19(18)25-11-1-2-12-25/h5-10,14H,1-4,11-13H2,(H2,23,27)(H,24,26). The smallest absolute Gasteiger partial charge is 0.248 e. The van der Waals surface area contributed by atoms with Gasteiger partial charge >= 0.3 is 0 Å². The number of nitrogens with one attached hydrogen (secondary N) is 1. The normalized spacial score (nSPS) is 13.4. The van der Waals surface area contributed by atoms with Gasteiger partial charge in [-0.05, 0) is 61.7 Å². The molecular formula is C21H24FN3O3. The molecule has 0 unspecified atom stereocenters. The largest absolute Gasteiger partial charge is 0.494 e. The Morgan fingerprint density at radius 3 is 2.50 bits per heavy atom. The lowest BCUT2D eigenvalue weighted by molar-refractivity contribution is -0.116. The Morgan fingerprint density at radius 2 is 1.82 bits per heavy atom. The van der Waals surface area contributed by atoms with Crippen LogP contribution in [0.1, 0.15) is 36.0 Å².